The van der Waals surface area contributed by atoms with Crippen molar-refractivity contribution in [3.63, 3.8) is 0 Å². The maximum Gasteiger partial charge on any atom is 0.252 e. The Labute approximate surface area is 443 Å². The Balaban J connectivity index is 1.08. The van der Waals surface area contributed by atoms with Crippen LogP contribution in [0.5, 0.6) is 0 Å². The van der Waals surface area contributed by atoms with Crippen molar-refractivity contribution in [2.45, 2.75) is 30.6 Å². The second-order valence-corrected chi connectivity index (χ2v) is 21.7. The van der Waals surface area contributed by atoms with E-state index in [0.717, 1.165) is 17.1 Å². The summed E-state index contributed by atoms with van der Waals surface area (Å²) < 4.78 is 2.50. The predicted molar refractivity (Wildman–Crippen MR) is 322 cm³/mol. The summed E-state index contributed by atoms with van der Waals surface area (Å²) in [5.74, 6) is 0. The minimum atomic E-state index is -0.0983. The van der Waals surface area contributed by atoms with Gasteiger partial charge in [-0.3, -0.25) is 0 Å². The second kappa shape index (κ2) is 17.2. The number of hydrogen-bond acceptors (Lipinski definition) is 3. The van der Waals surface area contributed by atoms with Crippen molar-refractivity contribution >= 4 is 114 Å². The summed E-state index contributed by atoms with van der Waals surface area (Å²) in [6.07, 6.45) is 0. The minimum Gasteiger partial charge on any atom is -0.311 e. The molecule has 0 fully saturated rings. The predicted octanol–water partition coefficient (Wildman–Crippen LogP) is 14.1. The highest BCUT2D eigenvalue weighted by Gasteiger charge is 2.46. The molecule has 0 amide bonds. The second-order valence-electron chi connectivity index (χ2n) is 20.6. The van der Waals surface area contributed by atoms with E-state index in [2.05, 4.69) is 278 Å². The molecular weight excluding hydrogens is 924 g/mol. The molecule has 0 saturated heterocycles. The number of aromatic nitrogens is 1. The average Bonchev–Trinajstić information content (AvgIpc) is 3.80. The van der Waals surface area contributed by atoms with E-state index in [9.17, 15) is 0 Å². The van der Waals surface area contributed by atoms with Crippen LogP contribution in [0.4, 0.5) is 34.1 Å². The summed E-state index contributed by atoms with van der Waals surface area (Å²) in [5, 5.41) is 2.48. The number of benzene rings is 11. The molecular formula is C69H49B2N3S. The Kier molecular flexibility index (Phi) is 10.1. The van der Waals surface area contributed by atoms with E-state index in [1.165, 1.54) is 126 Å². The monoisotopic (exact) mass is 973 g/mol. The van der Waals surface area contributed by atoms with E-state index in [-0.39, 0.29) is 13.4 Å². The fourth-order valence-corrected chi connectivity index (χ4v) is 14.3. The molecule has 0 N–H and O–H groups in total. The van der Waals surface area contributed by atoms with E-state index in [0.29, 0.717) is 0 Å². The van der Waals surface area contributed by atoms with Crippen molar-refractivity contribution in [3.8, 4) is 27.9 Å². The Hall–Kier alpha value is -8.70. The van der Waals surface area contributed by atoms with Gasteiger partial charge in [0.05, 0.1) is 16.7 Å². The van der Waals surface area contributed by atoms with Gasteiger partial charge < -0.3 is 14.4 Å². The van der Waals surface area contributed by atoms with E-state index < -0.39 is 0 Å². The van der Waals surface area contributed by atoms with Crippen LogP contribution in [0.2, 0.25) is 0 Å². The smallest absolute Gasteiger partial charge is 0.252 e. The van der Waals surface area contributed by atoms with Crippen molar-refractivity contribution in [1.29, 1.82) is 0 Å². The Bertz CT molecular complexity index is 4210. The van der Waals surface area contributed by atoms with Crippen LogP contribution in [0.1, 0.15) is 16.7 Å². The first-order chi connectivity index (χ1) is 36.9. The lowest BCUT2D eigenvalue weighted by atomic mass is 9.31. The lowest BCUT2D eigenvalue weighted by Gasteiger charge is -2.45. The van der Waals surface area contributed by atoms with Gasteiger partial charge in [-0.1, -0.05) is 221 Å². The topological polar surface area (TPSA) is 11.4 Å². The maximum absolute atomic E-state index is 2.63. The van der Waals surface area contributed by atoms with Crippen molar-refractivity contribution < 1.29 is 0 Å². The van der Waals surface area contributed by atoms with Crippen molar-refractivity contribution in [3.05, 3.63) is 259 Å². The number of hydrogen-bond donors (Lipinski definition) is 0. The summed E-state index contributed by atoms with van der Waals surface area (Å²) in [6, 6.07) is 91.1. The van der Waals surface area contributed by atoms with Gasteiger partial charge in [0.15, 0.2) is 0 Å². The first-order valence-corrected chi connectivity index (χ1v) is 27.0. The van der Waals surface area contributed by atoms with Crippen LogP contribution in [0.15, 0.2) is 252 Å². The number of rotatable bonds is 6. The molecule has 3 nitrogen and oxygen atoms in total. The van der Waals surface area contributed by atoms with E-state index in [1.807, 2.05) is 11.8 Å². The lowest BCUT2D eigenvalue weighted by Crippen LogP contribution is -2.64. The van der Waals surface area contributed by atoms with Crippen LogP contribution in [0.25, 0.3) is 49.7 Å². The van der Waals surface area contributed by atoms with E-state index in [4.69, 9.17) is 0 Å². The third-order valence-corrected chi connectivity index (χ3v) is 17.3. The summed E-state index contributed by atoms with van der Waals surface area (Å²) in [6.45, 7) is 6.82. The third-order valence-electron chi connectivity index (χ3n) is 16.1. The molecule has 15 rings (SSSR count). The standard InChI is InChI=1S/C69H49B2N3S/c1-44-36-45(2)68(46(3)37-44)71-57-30-15-18-33-66(57)75-67-43-63-58(42-59(67)71)70-56-35-34-50(48-22-9-5-10-23-48)39-62(56)73(52-27-19-24-49(38-52)47-20-7-4-8-21-47)65-41-53(40-64(69(65)70)72(63)51-25-11-6-12-26-51)74-60-31-16-13-28-54(60)55-29-14-17-32-61(55)74/h4-43H,1-3H3. The largest absolute Gasteiger partial charge is 0.311 e. The van der Waals surface area contributed by atoms with Crippen LogP contribution in [-0.2, 0) is 0 Å². The molecule has 1 aromatic heterocycles. The highest BCUT2D eigenvalue weighted by atomic mass is 32.2. The molecule has 0 atom stereocenters. The molecule has 0 radical (unpaired) electrons. The molecule has 352 valence electrons. The zero-order valence-corrected chi connectivity index (χ0v) is 42.8. The van der Waals surface area contributed by atoms with Crippen LogP contribution in [-0.4, -0.2) is 18.0 Å². The van der Waals surface area contributed by atoms with Gasteiger partial charge in [0.25, 0.3) is 6.71 Å². The van der Waals surface area contributed by atoms with Gasteiger partial charge in [0.1, 0.15) is 0 Å². The first kappa shape index (κ1) is 43.8. The van der Waals surface area contributed by atoms with Gasteiger partial charge >= 0.3 is 0 Å². The fraction of sp³-hybridized carbons (Fsp3) is 0.0435. The molecule has 6 heteroatoms. The molecule has 75 heavy (non-hydrogen) atoms. The lowest BCUT2D eigenvalue weighted by molar-refractivity contribution is 1.16. The molecule has 0 saturated carbocycles. The van der Waals surface area contributed by atoms with Crippen LogP contribution >= 0.6 is 11.8 Å². The number of para-hydroxylation sites is 3. The molecule has 11 aromatic carbocycles. The van der Waals surface area contributed by atoms with Crippen molar-refractivity contribution in [2.75, 3.05) is 9.80 Å². The van der Waals surface area contributed by atoms with Gasteiger partial charge in [-0.25, -0.2) is 0 Å². The zero-order valence-electron chi connectivity index (χ0n) is 42.0. The number of anilines is 6. The Morgan fingerprint density at radius 2 is 0.853 bits per heavy atom. The molecule has 0 bridgehead atoms. The summed E-state index contributed by atoms with van der Waals surface area (Å²) >= 11 is 1.92. The van der Waals surface area contributed by atoms with Crippen LogP contribution in [0.3, 0.4) is 0 Å². The van der Waals surface area contributed by atoms with Crippen molar-refractivity contribution in [1.82, 2.24) is 4.57 Å². The molecule has 4 heterocycles. The third kappa shape index (κ3) is 6.86. The molecule has 3 aliphatic rings. The SMILES string of the molecule is Cc1cc(C)c(B2c3ccccc3Sc3cc4c(cc32)B2c3ccc(-c5ccccc5)cc3N(c3cccc(-c5ccccc5)c3)c3cc(-n5c6ccccc6c6ccccc65)cc(c32)N4c2ccccc2)c(C)c1. The van der Waals surface area contributed by atoms with Gasteiger partial charge in [0.2, 0.25) is 6.71 Å². The van der Waals surface area contributed by atoms with Gasteiger partial charge in [-0.15, -0.1) is 0 Å². The quantitative estimate of drug-likeness (QED) is 0.154. The number of fused-ring (bicyclic) bond motifs is 9. The molecule has 0 aliphatic carbocycles. The summed E-state index contributed by atoms with van der Waals surface area (Å²) in [7, 11) is 0. The van der Waals surface area contributed by atoms with Gasteiger partial charge in [-0.2, -0.15) is 0 Å². The Morgan fingerprint density at radius 1 is 0.320 bits per heavy atom. The number of aryl methyl sites for hydroxylation is 3. The van der Waals surface area contributed by atoms with Crippen molar-refractivity contribution in [2.24, 2.45) is 0 Å². The first-order valence-electron chi connectivity index (χ1n) is 26.1. The molecule has 3 aliphatic heterocycles. The highest BCUT2D eigenvalue weighted by Crippen LogP contribution is 2.48. The molecule has 0 spiro atoms. The Morgan fingerprint density at radius 3 is 1.53 bits per heavy atom. The van der Waals surface area contributed by atoms with Gasteiger partial charge in [0, 0.05) is 54.7 Å². The minimum absolute atomic E-state index is 0.0628. The molecule has 12 aromatic rings. The van der Waals surface area contributed by atoms with Crippen LogP contribution in [0, 0.1) is 20.8 Å². The highest BCUT2D eigenvalue weighted by molar-refractivity contribution is 8.00. The fourth-order valence-electron chi connectivity index (χ4n) is 13.1. The number of nitrogens with zero attached hydrogens (tertiary/aromatic N) is 3. The average molecular weight is 974 g/mol. The molecule has 0 unspecified atom stereocenters. The van der Waals surface area contributed by atoms with E-state index in [1.54, 1.807) is 0 Å². The normalized spacial score (nSPS) is 13.1. The summed E-state index contributed by atoms with van der Waals surface area (Å²) in [5.41, 5.74) is 27.2. The maximum atomic E-state index is 2.63. The zero-order chi connectivity index (χ0) is 49.9. The summed E-state index contributed by atoms with van der Waals surface area (Å²) in [4.78, 5) is 7.79. The van der Waals surface area contributed by atoms with E-state index >= 15 is 0 Å². The van der Waals surface area contributed by atoms with Crippen LogP contribution < -0.4 is 42.6 Å². The van der Waals surface area contributed by atoms with Gasteiger partial charge in [-0.05, 0) is 126 Å².